The van der Waals surface area contributed by atoms with Gasteiger partial charge in [0.2, 0.25) is 0 Å². The van der Waals surface area contributed by atoms with Gasteiger partial charge >= 0.3 is 0 Å². The predicted molar refractivity (Wildman–Crippen MR) is 91.5 cm³/mol. The maximum Gasteiger partial charge on any atom is 0.133 e. The lowest BCUT2D eigenvalue weighted by Crippen LogP contribution is -2.34. The normalized spacial score (nSPS) is 20.7. The molecule has 2 aromatic carbocycles. The maximum absolute atomic E-state index is 6.25. The van der Waals surface area contributed by atoms with Crippen LogP contribution in [0.15, 0.2) is 46.9 Å². The van der Waals surface area contributed by atoms with Crippen molar-refractivity contribution < 1.29 is 4.74 Å². The molecule has 1 N–H and O–H groups in total. The third-order valence-corrected chi connectivity index (χ3v) is 4.97. The molecule has 21 heavy (non-hydrogen) atoms. The number of hydrogen-bond donors (Lipinski definition) is 1. The van der Waals surface area contributed by atoms with E-state index in [0.29, 0.717) is 12.0 Å². The molecule has 1 fully saturated rings. The first-order chi connectivity index (χ1) is 10.2. The topological polar surface area (TPSA) is 21.3 Å². The lowest BCUT2D eigenvalue weighted by atomic mass is 9.76. The Labute approximate surface area is 138 Å². The van der Waals surface area contributed by atoms with E-state index in [1.807, 2.05) is 24.3 Å². The van der Waals surface area contributed by atoms with Crippen LogP contribution in [-0.2, 0) is 0 Å². The number of ether oxygens (including phenoxy) is 1. The zero-order valence-electron chi connectivity index (χ0n) is 11.8. The molecule has 1 saturated carbocycles. The fourth-order valence-electron chi connectivity index (χ4n) is 2.79. The Bertz CT molecular complexity index is 640. The molecule has 1 aliphatic carbocycles. The fraction of sp³-hybridized carbons (Fsp3) is 0.294. The monoisotopic (exact) mass is 365 g/mol. The molecular formula is C17H17BrClNO. The van der Waals surface area contributed by atoms with Crippen molar-refractivity contribution in [3.8, 4) is 5.75 Å². The van der Waals surface area contributed by atoms with Crippen molar-refractivity contribution in [3.63, 3.8) is 0 Å². The van der Waals surface area contributed by atoms with Crippen LogP contribution >= 0.6 is 27.5 Å². The Morgan fingerprint density at radius 1 is 1.19 bits per heavy atom. The third kappa shape index (κ3) is 3.19. The van der Waals surface area contributed by atoms with E-state index >= 15 is 0 Å². The molecule has 2 aromatic rings. The van der Waals surface area contributed by atoms with E-state index in [0.717, 1.165) is 33.8 Å². The molecule has 0 atom stereocenters. The quantitative estimate of drug-likeness (QED) is 0.774. The van der Waals surface area contributed by atoms with Crippen LogP contribution in [0.4, 0.5) is 5.69 Å². The van der Waals surface area contributed by atoms with Gasteiger partial charge in [0.1, 0.15) is 5.75 Å². The highest BCUT2D eigenvalue weighted by Gasteiger charge is 2.31. The molecule has 0 bridgehead atoms. The molecular weight excluding hydrogens is 350 g/mol. The second-order valence-electron chi connectivity index (χ2n) is 5.38. The van der Waals surface area contributed by atoms with Crippen LogP contribution in [0, 0.1) is 0 Å². The first-order valence-corrected chi connectivity index (χ1v) is 8.19. The van der Waals surface area contributed by atoms with E-state index in [9.17, 15) is 0 Å². The smallest absolute Gasteiger partial charge is 0.133 e. The lowest BCUT2D eigenvalue weighted by molar-refractivity contribution is 0.374. The van der Waals surface area contributed by atoms with E-state index < -0.39 is 0 Å². The highest BCUT2D eigenvalue weighted by molar-refractivity contribution is 9.10. The summed E-state index contributed by atoms with van der Waals surface area (Å²) in [4.78, 5) is 0. The summed E-state index contributed by atoms with van der Waals surface area (Å²) in [5.74, 6) is 1.42. The maximum atomic E-state index is 6.25. The number of hydrogen-bond acceptors (Lipinski definition) is 2. The summed E-state index contributed by atoms with van der Waals surface area (Å²) in [6.45, 7) is 0. The summed E-state index contributed by atoms with van der Waals surface area (Å²) in [5.41, 5.74) is 2.39. The Kier molecular flexibility index (Phi) is 4.41. The predicted octanol–water partition coefficient (Wildman–Crippen LogP) is 5.47. The van der Waals surface area contributed by atoms with Crippen LogP contribution in [0.25, 0.3) is 0 Å². The Morgan fingerprint density at radius 2 is 1.95 bits per heavy atom. The van der Waals surface area contributed by atoms with Gasteiger partial charge in [-0.1, -0.05) is 29.8 Å². The van der Waals surface area contributed by atoms with E-state index in [1.54, 1.807) is 7.11 Å². The van der Waals surface area contributed by atoms with Gasteiger partial charge in [-0.05, 0) is 64.5 Å². The minimum atomic E-state index is 0.506. The summed E-state index contributed by atoms with van der Waals surface area (Å²) < 4.78 is 6.21. The second-order valence-corrected chi connectivity index (χ2v) is 6.64. The van der Waals surface area contributed by atoms with Gasteiger partial charge in [-0.3, -0.25) is 0 Å². The van der Waals surface area contributed by atoms with Crippen molar-refractivity contribution in [2.45, 2.75) is 24.8 Å². The highest BCUT2D eigenvalue weighted by atomic mass is 79.9. The Morgan fingerprint density at radius 3 is 2.62 bits per heavy atom. The third-order valence-electron chi connectivity index (χ3n) is 4.01. The molecule has 0 radical (unpaired) electrons. The van der Waals surface area contributed by atoms with Gasteiger partial charge in [0.15, 0.2) is 0 Å². The van der Waals surface area contributed by atoms with Gasteiger partial charge in [-0.25, -0.2) is 0 Å². The largest absolute Gasteiger partial charge is 0.496 e. The van der Waals surface area contributed by atoms with E-state index in [-0.39, 0.29) is 0 Å². The molecule has 2 nitrogen and oxygen atoms in total. The van der Waals surface area contributed by atoms with Crippen LogP contribution in [0.3, 0.4) is 0 Å². The average molecular weight is 367 g/mol. The molecule has 3 rings (SSSR count). The SMILES string of the molecule is COc1ccc(NC2CC(c3ccccc3Cl)C2)cc1Br. The van der Waals surface area contributed by atoms with Crippen LogP contribution in [-0.4, -0.2) is 13.2 Å². The molecule has 0 heterocycles. The molecule has 0 spiro atoms. The molecule has 0 unspecified atom stereocenters. The summed E-state index contributed by atoms with van der Waals surface area (Å²) in [6.07, 6.45) is 2.24. The summed E-state index contributed by atoms with van der Waals surface area (Å²) in [6, 6.07) is 14.7. The zero-order chi connectivity index (χ0) is 14.8. The summed E-state index contributed by atoms with van der Waals surface area (Å²) in [7, 11) is 1.67. The van der Waals surface area contributed by atoms with E-state index in [4.69, 9.17) is 16.3 Å². The van der Waals surface area contributed by atoms with Gasteiger partial charge in [0.25, 0.3) is 0 Å². The van der Waals surface area contributed by atoms with Crippen LogP contribution < -0.4 is 10.1 Å². The summed E-state index contributed by atoms with van der Waals surface area (Å²) in [5, 5.41) is 4.44. The number of methoxy groups -OCH3 is 1. The molecule has 0 amide bonds. The average Bonchev–Trinajstić information content (AvgIpc) is 2.44. The van der Waals surface area contributed by atoms with Gasteiger partial charge in [-0.2, -0.15) is 0 Å². The van der Waals surface area contributed by atoms with Gasteiger partial charge in [0, 0.05) is 16.8 Å². The number of nitrogens with one attached hydrogen (secondary N) is 1. The van der Waals surface area contributed by atoms with Crippen LogP contribution in [0.5, 0.6) is 5.75 Å². The Balaban J connectivity index is 1.60. The zero-order valence-corrected chi connectivity index (χ0v) is 14.1. The van der Waals surface area contributed by atoms with Gasteiger partial charge < -0.3 is 10.1 Å². The van der Waals surface area contributed by atoms with Gasteiger partial charge in [-0.15, -0.1) is 0 Å². The number of halogens is 2. The van der Waals surface area contributed by atoms with Gasteiger partial charge in [0.05, 0.1) is 11.6 Å². The second kappa shape index (κ2) is 6.29. The van der Waals surface area contributed by atoms with Crippen LogP contribution in [0.2, 0.25) is 5.02 Å². The molecule has 0 aromatic heterocycles. The molecule has 0 aliphatic heterocycles. The number of anilines is 1. The Hall–Kier alpha value is -1.19. The van der Waals surface area contributed by atoms with Crippen molar-refractivity contribution in [1.82, 2.24) is 0 Å². The molecule has 1 aliphatic rings. The number of rotatable bonds is 4. The van der Waals surface area contributed by atoms with E-state index in [1.165, 1.54) is 5.56 Å². The highest BCUT2D eigenvalue weighted by Crippen LogP contribution is 2.41. The standard InChI is InChI=1S/C17H17BrClNO/c1-21-17-7-6-12(10-15(17)18)20-13-8-11(9-13)14-4-2-3-5-16(14)19/h2-7,10-11,13,20H,8-9H2,1H3. The molecule has 0 saturated heterocycles. The number of benzene rings is 2. The minimum Gasteiger partial charge on any atom is -0.496 e. The fourth-order valence-corrected chi connectivity index (χ4v) is 3.62. The molecule has 110 valence electrons. The lowest BCUT2D eigenvalue weighted by Gasteiger charge is -2.37. The first-order valence-electron chi connectivity index (χ1n) is 7.02. The first kappa shape index (κ1) is 14.7. The minimum absolute atomic E-state index is 0.506. The van der Waals surface area contributed by atoms with Crippen molar-refractivity contribution in [3.05, 3.63) is 57.5 Å². The van der Waals surface area contributed by atoms with Crippen molar-refractivity contribution in [1.29, 1.82) is 0 Å². The molecule has 4 heteroatoms. The summed E-state index contributed by atoms with van der Waals surface area (Å²) >= 11 is 9.77. The van der Waals surface area contributed by atoms with Crippen LogP contribution in [0.1, 0.15) is 24.3 Å². The van der Waals surface area contributed by atoms with Crippen molar-refractivity contribution in [2.24, 2.45) is 0 Å². The van der Waals surface area contributed by atoms with Crippen molar-refractivity contribution in [2.75, 3.05) is 12.4 Å². The van der Waals surface area contributed by atoms with E-state index in [2.05, 4.69) is 39.4 Å². The van der Waals surface area contributed by atoms with Crippen molar-refractivity contribution >= 4 is 33.2 Å².